The lowest BCUT2D eigenvalue weighted by Crippen LogP contribution is -1.92. The maximum Gasteiger partial charge on any atom is 0.188 e. The van der Waals surface area contributed by atoms with Crippen LogP contribution in [0, 0.1) is 13.8 Å². The number of aromatic nitrogens is 1. The topological polar surface area (TPSA) is 34.1 Å². The molecule has 1 heterocycles. The van der Waals surface area contributed by atoms with Gasteiger partial charge in [-0.25, -0.2) is 4.98 Å². The van der Waals surface area contributed by atoms with Crippen molar-refractivity contribution in [3.05, 3.63) is 47.5 Å². The van der Waals surface area contributed by atoms with E-state index in [9.17, 15) is 0 Å². The number of ether oxygens (including phenoxy) is 1. The van der Waals surface area contributed by atoms with Crippen molar-refractivity contribution in [2.75, 3.05) is 12.4 Å². The van der Waals surface area contributed by atoms with Gasteiger partial charge in [0.2, 0.25) is 0 Å². The van der Waals surface area contributed by atoms with E-state index in [0.29, 0.717) is 0 Å². The Morgan fingerprint density at radius 2 is 1.95 bits per heavy atom. The van der Waals surface area contributed by atoms with Crippen molar-refractivity contribution < 1.29 is 4.74 Å². The molecule has 0 unspecified atom stereocenters. The molecule has 0 aliphatic carbocycles. The fourth-order valence-corrected chi connectivity index (χ4v) is 3.04. The van der Waals surface area contributed by atoms with Crippen LogP contribution in [0.15, 0.2) is 36.4 Å². The predicted molar refractivity (Wildman–Crippen MR) is 85.4 cm³/mol. The van der Waals surface area contributed by atoms with Crippen molar-refractivity contribution in [1.82, 2.24) is 4.98 Å². The Kier molecular flexibility index (Phi) is 3.32. The van der Waals surface area contributed by atoms with E-state index in [2.05, 4.69) is 41.5 Å². The van der Waals surface area contributed by atoms with Crippen LogP contribution in [-0.2, 0) is 0 Å². The molecule has 3 aromatic rings. The average molecular weight is 284 g/mol. The molecule has 0 atom stereocenters. The molecule has 3 rings (SSSR count). The first-order valence-corrected chi connectivity index (χ1v) is 7.26. The van der Waals surface area contributed by atoms with Gasteiger partial charge in [0.05, 0.1) is 17.3 Å². The Labute approximate surface area is 122 Å². The first-order chi connectivity index (χ1) is 9.65. The van der Waals surface area contributed by atoms with E-state index in [4.69, 9.17) is 4.74 Å². The molecule has 0 aliphatic heterocycles. The number of methoxy groups -OCH3 is 1. The van der Waals surface area contributed by atoms with Gasteiger partial charge < -0.3 is 10.1 Å². The van der Waals surface area contributed by atoms with E-state index in [1.807, 2.05) is 19.1 Å². The van der Waals surface area contributed by atoms with Crippen molar-refractivity contribution in [2.24, 2.45) is 0 Å². The van der Waals surface area contributed by atoms with Gasteiger partial charge in [0.1, 0.15) is 5.75 Å². The number of aryl methyl sites for hydroxylation is 2. The summed E-state index contributed by atoms with van der Waals surface area (Å²) in [5.74, 6) is 0.899. The average Bonchev–Trinajstić information content (AvgIpc) is 2.80. The van der Waals surface area contributed by atoms with Gasteiger partial charge in [-0.2, -0.15) is 0 Å². The number of anilines is 2. The fourth-order valence-electron chi connectivity index (χ4n) is 2.17. The van der Waals surface area contributed by atoms with E-state index in [-0.39, 0.29) is 0 Å². The van der Waals surface area contributed by atoms with Gasteiger partial charge in [-0.15, -0.1) is 0 Å². The second kappa shape index (κ2) is 5.13. The summed E-state index contributed by atoms with van der Waals surface area (Å²) in [4.78, 5) is 4.62. The summed E-state index contributed by atoms with van der Waals surface area (Å²) in [6.07, 6.45) is 0. The molecule has 4 heteroatoms. The van der Waals surface area contributed by atoms with Crippen molar-refractivity contribution >= 4 is 32.4 Å². The molecular formula is C16H16N2OS. The van der Waals surface area contributed by atoms with E-state index >= 15 is 0 Å². The SMILES string of the molecule is COc1ccc(Nc2nc3cc(C)ccc3s2)cc1C. The second-order valence-corrected chi connectivity index (χ2v) is 5.83. The van der Waals surface area contributed by atoms with Gasteiger partial charge >= 0.3 is 0 Å². The number of hydrogen-bond donors (Lipinski definition) is 1. The maximum absolute atomic E-state index is 5.27. The monoisotopic (exact) mass is 284 g/mol. The Hall–Kier alpha value is -2.07. The fraction of sp³-hybridized carbons (Fsp3) is 0.188. The molecule has 1 aromatic heterocycles. The minimum Gasteiger partial charge on any atom is -0.496 e. The summed E-state index contributed by atoms with van der Waals surface area (Å²) in [6, 6.07) is 12.4. The van der Waals surface area contributed by atoms with E-state index in [1.54, 1.807) is 18.4 Å². The zero-order valence-electron chi connectivity index (χ0n) is 11.7. The summed E-state index contributed by atoms with van der Waals surface area (Å²) in [5, 5.41) is 4.27. The van der Waals surface area contributed by atoms with Crippen molar-refractivity contribution in [2.45, 2.75) is 13.8 Å². The summed E-state index contributed by atoms with van der Waals surface area (Å²) in [6.45, 7) is 4.12. The summed E-state index contributed by atoms with van der Waals surface area (Å²) >= 11 is 1.66. The van der Waals surface area contributed by atoms with Gasteiger partial charge in [-0.1, -0.05) is 17.4 Å². The highest BCUT2D eigenvalue weighted by molar-refractivity contribution is 7.22. The number of rotatable bonds is 3. The Balaban J connectivity index is 1.90. The molecule has 0 bridgehead atoms. The normalized spacial score (nSPS) is 10.8. The predicted octanol–water partition coefficient (Wildman–Crippen LogP) is 4.67. The third kappa shape index (κ3) is 2.47. The minimum absolute atomic E-state index is 0.899. The van der Waals surface area contributed by atoms with Gasteiger partial charge in [0, 0.05) is 5.69 Å². The molecule has 0 saturated heterocycles. The largest absolute Gasteiger partial charge is 0.496 e. The molecule has 1 N–H and O–H groups in total. The standard InChI is InChI=1S/C16H16N2OS/c1-10-4-7-15-13(8-10)18-16(20-15)17-12-5-6-14(19-3)11(2)9-12/h4-9H,1-3H3,(H,17,18). The Morgan fingerprint density at radius 3 is 2.70 bits per heavy atom. The third-order valence-electron chi connectivity index (χ3n) is 3.19. The van der Waals surface area contributed by atoms with E-state index in [1.165, 1.54) is 10.3 Å². The van der Waals surface area contributed by atoms with Crippen molar-refractivity contribution in [1.29, 1.82) is 0 Å². The van der Waals surface area contributed by atoms with E-state index in [0.717, 1.165) is 27.6 Å². The minimum atomic E-state index is 0.899. The molecule has 0 spiro atoms. The lowest BCUT2D eigenvalue weighted by molar-refractivity contribution is 0.412. The number of fused-ring (bicyclic) bond motifs is 1. The van der Waals surface area contributed by atoms with Crippen LogP contribution in [-0.4, -0.2) is 12.1 Å². The molecule has 0 amide bonds. The number of thiazole rings is 1. The molecule has 0 aliphatic rings. The molecule has 3 nitrogen and oxygen atoms in total. The quantitative estimate of drug-likeness (QED) is 0.759. The van der Waals surface area contributed by atoms with Crippen LogP contribution in [0.1, 0.15) is 11.1 Å². The molecule has 0 fully saturated rings. The number of nitrogens with zero attached hydrogens (tertiary/aromatic N) is 1. The summed E-state index contributed by atoms with van der Waals surface area (Å²) in [7, 11) is 1.69. The highest BCUT2D eigenvalue weighted by atomic mass is 32.1. The molecule has 2 aromatic carbocycles. The summed E-state index contributed by atoms with van der Waals surface area (Å²) in [5.41, 5.74) is 4.41. The van der Waals surface area contributed by atoms with Gasteiger partial charge in [-0.05, 0) is 55.3 Å². The van der Waals surface area contributed by atoms with Crippen LogP contribution >= 0.6 is 11.3 Å². The number of hydrogen-bond acceptors (Lipinski definition) is 4. The van der Waals surface area contributed by atoms with Crippen molar-refractivity contribution in [3.63, 3.8) is 0 Å². The molecular weight excluding hydrogens is 268 g/mol. The highest BCUT2D eigenvalue weighted by Gasteiger charge is 2.05. The molecule has 20 heavy (non-hydrogen) atoms. The first-order valence-electron chi connectivity index (χ1n) is 6.44. The van der Waals surface area contributed by atoms with Gasteiger partial charge in [0.15, 0.2) is 5.13 Å². The van der Waals surface area contributed by atoms with Crippen LogP contribution in [0.25, 0.3) is 10.2 Å². The maximum atomic E-state index is 5.27. The summed E-state index contributed by atoms with van der Waals surface area (Å²) < 4.78 is 6.47. The van der Waals surface area contributed by atoms with Crippen LogP contribution < -0.4 is 10.1 Å². The highest BCUT2D eigenvalue weighted by Crippen LogP contribution is 2.30. The van der Waals surface area contributed by atoms with Crippen LogP contribution in [0.4, 0.5) is 10.8 Å². The zero-order chi connectivity index (χ0) is 14.1. The third-order valence-corrected chi connectivity index (χ3v) is 4.14. The zero-order valence-corrected chi connectivity index (χ0v) is 12.5. The Bertz CT molecular complexity index is 764. The van der Waals surface area contributed by atoms with E-state index < -0.39 is 0 Å². The Morgan fingerprint density at radius 1 is 1.10 bits per heavy atom. The van der Waals surface area contributed by atoms with Gasteiger partial charge in [-0.3, -0.25) is 0 Å². The van der Waals surface area contributed by atoms with Crippen molar-refractivity contribution in [3.8, 4) is 5.75 Å². The molecule has 0 saturated carbocycles. The van der Waals surface area contributed by atoms with Crippen LogP contribution in [0.3, 0.4) is 0 Å². The number of benzene rings is 2. The van der Waals surface area contributed by atoms with Crippen LogP contribution in [0.2, 0.25) is 0 Å². The second-order valence-electron chi connectivity index (χ2n) is 4.80. The van der Waals surface area contributed by atoms with Gasteiger partial charge in [0.25, 0.3) is 0 Å². The molecule has 0 radical (unpaired) electrons. The van der Waals surface area contributed by atoms with Crippen LogP contribution in [0.5, 0.6) is 5.75 Å². The first kappa shape index (κ1) is 12.9. The lowest BCUT2D eigenvalue weighted by atomic mass is 10.2. The lowest BCUT2D eigenvalue weighted by Gasteiger charge is -2.07. The number of nitrogens with one attached hydrogen (secondary N) is 1. The molecule has 102 valence electrons. The smallest absolute Gasteiger partial charge is 0.188 e.